The molecule has 7 heteroatoms. The first-order valence-electron chi connectivity index (χ1n) is 5.81. The summed E-state index contributed by atoms with van der Waals surface area (Å²) in [4.78, 5) is 0.0404. The molecule has 0 bridgehead atoms. The zero-order valence-electron chi connectivity index (χ0n) is 10.3. The fourth-order valence-corrected chi connectivity index (χ4v) is 2.84. The number of aliphatic hydroxyl groups excluding tert-OH is 1. The third kappa shape index (κ3) is 4.80. The molecule has 5 nitrogen and oxygen atoms in total. The van der Waals surface area contributed by atoms with E-state index in [9.17, 15) is 8.42 Å². The van der Waals surface area contributed by atoms with Crippen LogP contribution in [0.5, 0.6) is 0 Å². The summed E-state index contributed by atoms with van der Waals surface area (Å²) in [5.74, 6) is 0. The van der Waals surface area contributed by atoms with Gasteiger partial charge in [-0.1, -0.05) is 11.6 Å². The van der Waals surface area contributed by atoms with Gasteiger partial charge in [-0.2, -0.15) is 5.26 Å². The molecule has 0 fully saturated rings. The van der Waals surface area contributed by atoms with Gasteiger partial charge in [0.25, 0.3) is 0 Å². The lowest BCUT2D eigenvalue weighted by Crippen LogP contribution is -2.24. The average Bonchev–Trinajstić information content (AvgIpc) is 2.38. The number of nitriles is 1. The fourth-order valence-electron chi connectivity index (χ4n) is 1.46. The minimum Gasteiger partial charge on any atom is -0.396 e. The predicted octanol–water partition coefficient (Wildman–Crippen LogP) is 1.65. The molecule has 0 unspecified atom stereocenters. The topological polar surface area (TPSA) is 90.2 Å². The highest BCUT2D eigenvalue weighted by Crippen LogP contribution is 2.20. The molecule has 19 heavy (non-hydrogen) atoms. The molecule has 0 aliphatic carbocycles. The summed E-state index contributed by atoms with van der Waals surface area (Å²) in [6.45, 7) is 0.415. The number of sulfonamides is 1. The highest BCUT2D eigenvalue weighted by molar-refractivity contribution is 7.89. The maximum absolute atomic E-state index is 11.9. The van der Waals surface area contributed by atoms with E-state index in [-0.39, 0.29) is 22.1 Å². The summed E-state index contributed by atoms with van der Waals surface area (Å²) in [7, 11) is -3.60. The quantitative estimate of drug-likeness (QED) is 0.749. The zero-order valence-corrected chi connectivity index (χ0v) is 11.8. The molecule has 0 spiro atoms. The second kappa shape index (κ2) is 7.46. The van der Waals surface area contributed by atoms with Crippen molar-refractivity contribution in [3.8, 4) is 6.07 Å². The Bertz CT molecular complexity index is 567. The van der Waals surface area contributed by atoms with Gasteiger partial charge in [0.15, 0.2) is 0 Å². The Hall–Kier alpha value is -1.13. The van der Waals surface area contributed by atoms with Crippen LogP contribution in [0.15, 0.2) is 23.1 Å². The van der Waals surface area contributed by atoms with Gasteiger partial charge in [-0.15, -0.1) is 0 Å². The maximum atomic E-state index is 11.9. The average molecular weight is 303 g/mol. The summed E-state index contributed by atoms with van der Waals surface area (Å²) < 4.78 is 26.3. The Labute approximate surface area is 117 Å². The van der Waals surface area contributed by atoms with Gasteiger partial charge >= 0.3 is 0 Å². The lowest BCUT2D eigenvalue weighted by Gasteiger charge is -2.07. The molecule has 0 aromatic heterocycles. The smallest absolute Gasteiger partial charge is 0.240 e. The third-order valence-corrected chi connectivity index (χ3v) is 4.27. The van der Waals surface area contributed by atoms with Crippen molar-refractivity contribution in [1.29, 1.82) is 5.26 Å². The second-order valence-electron chi connectivity index (χ2n) is 3.94. The molecule has 104 valence electrons. The molecule has 0 heterocycles. The SMILES string of the molecule is N#Cc1ccc(S(=O)(=O)NCCCCCO)cc1Cl. The van der Waals surface area contributed by atoms with Crippen LogP contribution in [0, 0.1) is 11.3 Å². The molecule has 2 N–H and O–H groups in total. The monoisotopic (exact) mass is 302 g/mol. The van der Waals surface area contributed by atoms with Crippen molar-refractivity contribution in [2.24, 2.45) is 0 Å². The Morgan fingerprint density at radius 2 is 2.05 bits per heavy atom. The number of benzene rings is 1. The summed E-state index contributed by atoms with van der Waals surface area (Å²) in [5.41, 5.74) is 0.239. The Morgan fingerprint density at radius 1 is 1.32 bits per heavy atom. The lowest BCUT2D eigenvalue weighted by atomic mass is 10.2. The summed E-state index contributed by atoms with van der Waals surface area (Å²) in [6, 6.07) is 5.85. The fraction of sp³-hybridized carbons (Fsp3) is 0.417. The van der Waals surface area contributed by atoms with E-state index in [1.165, 1.54) is 18.2 Å². The molecule has 0 aliphatic rings. The molecule has 1 rings (SSSR count). The van der Waals surface area contributed by atoms with Crippen LogP contribution in [0.1, 0.15) is 24.8 Å². The highest BCUT2D eigenvalue weighted by Gasteiger charge is 2.14. The van der Waals surface area contributed by atoms with Gasteiger partial charge in [0.05, 0.1) is 15.5 Å². The van der Waals surface area contributed by atoms with Crippen LogP contribution in [-0.2, 0) is 10.0 Å². The Morgan fingerprint density at radius 3 is 2.63 bits per heavy atom. The van der Waals surface area contributed by atoms with Crippen molar-refractivity contribution in [3.05, 3.63) is 28.8 Å². The first-order chi connectivity index (χ1) is 9.01. The van der Waals surface area contributed by atoms with Crippen LogP contribution < -0.4 is 4.72 Å². The molecule has 0 aliphatic heterocycles. The van der Waals surface area contributed by atoms with Crippen LogP contribution in [0.2, 0.25) is 5.02 Å². The Balaban J connectivity index is 2.68. The van der Waals surface area contributed by atoms with Gasteiger partial charge in [-0.25, -0.2) is 13.1 Å². The van der Waals surface area contributed by atoms with Gasteiger partial charge in [0, 0.05) is 13.2 Å². The number of hydrogen-bond donors (Lipinski definition) is 2. The van der Waals surface area contributed by atoms with E-state index >= 15 is 0 Å². The molecule has 1 aromatic rings. The van der Waals surface area contributed by atoms with Gasteiger partial charge in [0.1, 0.15) is 6.07 Å². The molecule has 0 saturated carbocycles. The Kier molecular flexibility index (Phi) is 6.25. The number of nitrogens with one attached hydrogen (secondary N) is 1. The van der Waals surface area contributed by atoms with Crippen LogP contribution in [0.3, 0.4) is 0 Å². The minimum atomic E-state index is -3.60. The van der Waals surface area contributed by atoms with Crippen molar-refractivity contribution in [2.75, 3.05) is 13.2 Å². The van der Waals surface area contributed by atoms with Crippen molar-refractivity contribution in [3.63, 3.8) is 0 Å². The van der Waals surface area contributed by atoms with Crippen molar-refractivity contribution >= 4 is 21.6 Å². The normalized spacial score (nSPS) is 11.2. The first kappa shape index (κ1) is 15.9. The number of unbranched alkanes of at least 4 members (excludes halogenated alkanes) is 2. The standard InChI is InChI=1S/C12H15ClN2O3S/c13-12-8-11(5-4-10(12)9-14)19(17,18)15-6-2-1-3-7-16/h4-5,8,15-16H,1-3,6-7H2. The number of halogens is 1. The largest absolute Gasteiger partial charge is 0.396 e. The molecule has 1 aromatic carbocycles. The van der Waals surface area contributed by atoms with E-state index in [2.05, 4.69) is 4.72 Å². The van der Waals surface area contributed by atoms with E-state index in [4.69, 9.17) is 22.0 Å². The van der Waals surface area contributed by atoms with Crippen LogP contribution in [0.25, 0.3) is 0 Å². The molecule has 0 radical (unpaired) electrons. The molecule has 0 atom stereocenters. The summed E-state index contributed by atoms with van der Waals surface area (Å²) in [5, 5.41) is 17.4. The first-order valence-corrected chi connectivity index (χ1v) is 7.67. The van der Waals surface area contributed by atoms with E-state index in [0.29, 0.717) is 19.4 Å². The third-order valence-electron chi connectivity index (χ3n) is 2.50. The van der Waals surface area contributed by atoms with E-state index in [1.54, 1.807) is 0 Å². The second-order valence-corrected chi connectivity index (χ2v) is 6.11. The summed E-state index contributed by atoms with van der Waals surface area (Å²) in [6.07, 6.45) is 2.07. The van der Waals surface area contributed by atoms with E-state index < -0.39 is 10.0 Å². The number of nitrogens with zero attached hydrogens (tertiary/aromatic N) is 1. The molecular weight excluding hydrogens is 288 g/mol. The number of rotatable bonds is 7. The number of aliphatic hydroxyl groups is 1. The highest BCUT2D eigenvalue weighted by atomic mass is 35.5. The molecular formula is C12H15ClN2O3S. The van der Waals surface area contributed by atoms with E-state index in [1.807, 2.05) is 6.07 Å². The van der Waals surface area contributed by atoms with E-state index in [0.717, 1.165) is 6.42 Å². The van der Waals surface area contributed by atoms with Gasteiger partial charge in [0.2, 0.25) is 10.0 Å². The zero-order chi connectivity index (χ0) is 14.3. The summed E-state index contributed by atoms with van der Waals surface area (Å²) >= 11 is 5.80. The van der Waals surface area contributed by atoms with Crippen molar-refractivity contribution < 1.29 is 13.5 Å². The molecule has 0 amide bonds. The maximum Gasteiger partial charge on any atom is 0.240 e. The van der Waals surface area contributed by atoms with Gasteiger partial charge in [-0.05, 0) is 37.5 Å². The lowest BCUT2D eigenvalue weighted by molar-refractivity contribution is 0.283. The van der Waals surface area contributed by atoms with Gasteiger partial charge in [-0.3, -0.25) is 0 Å². The molecule has 0 saturated heterocycles. The van der Waals surface area contributed by atoms with Crippen LogP contribution >= 0.6 is 11.6 Å². The van der Waals surface area contributed by atoms with Crippen LogP contribution in [-0.4, -0.2) is 26.7 Å². The van der Waals surface area contributed by atoms with Crippen molar-refractivity contribution in [1.82, 2.24) is 4.72 Å². The van der Waals surface area contributed by atoms with Crippen molar-refractivity contribution in [2.45, 2.75) is 24.2 Å². The predicted molar refractivity (Wildman–Crippen MR) is 72.3 cm³/mol. The van der Waals surface area contributed by atoms with Gasteiger partial charge < -0.3 is 5.11 Å². The number of hydrogen-bond acceptors (Lipinski definition) is 4. The van der Waals surface area contributed by atoms with Crippen LogP contribution in [0.4, 0.5) is 0 Å². The minimum absolute atomic E-state index is 0.0404.